The minimum atomic E-state index is 0.378. The Kier molecular flexibility index (Phi) is 1.74. The predicted molar refractivity (Wildman–Crippen MR) is 44.2 cm³/mol. The molecule has 0 aromatic heterocycles. The first kappa shape index (κ1) is 7.33. The van der Waals surface area contributed by atoms with Crippen LogP contribution in [0.1, 0.15) is 39.0 Å². The van der Waals surface area contributed by atoms with Crippen LogP contribution in [0.3, 0.4) is 0 Å². The monoisotopic (exact) mass is 152 g/mol. The van der Waals surface area contributed by atoms with Crippen molar-refractivity contribution in [2.24, 2.45) is 17.8 Å². The molecule has 3 unspecified atom stereocenters. The van der Waals surface area contributed by atoms with Gasteiger partial charge in [-0.3, -0.25) is 4.79 Å². The third kappa shape index (κ3) is 1.11. The molecular formula is C10H16O. The van der Waals surface area contributed by atoms with Crippen LogP contribution < -0.4 is 0 Å². The van der Waals surface area contributed by atoms with Gasteiger partial charge in [-0.05, 0) is 25.2 Å². The summed E-state index contributed by atoms with van der Waals surface area (Å²) in [5.41, 5.74) is 0. The fraction of sp³-hybridized carbons (Fsp3) is 0.900. The number of hydrogen-bond acceptors (Lipinski definition) is 1. The van der Waals surface area contributed by atoms with Gasteiger partial charge in [-0.25, -0.2) is 0 Å². The van der Waals surface area contributed by atoms with Crippen molar-refractivity contribution < 1.29 is 4.79 Å². The van der Waals surface area contributed by atoms with Crippen LogP contribution in [-0.2, 0) is 4.79 Å². The van der Waals surface area contributed by atoms with E-state index in [1.54, 1.807) is 0 Å². The normalized spacial score (nSPS) is 44.1. The average Bonchev–Trinajstić information content (AvgIpc) is 2.30. The Morgan fingerprint density at radius 2 is 2.00 bits per heavy atom. The van der Waals surface area contributed by atoms with Crippen molar-refractivity contribution >= 4 is 5.78 Å². The first-order chi connectivity index (χ1) is 5.29. The Morgan fingerprint density at radius 3 is 2.73 bits per heavy atom. The molecule has 62 valence electrons. The summed E-state index contributed by atoms with van der Waals surface area (Å²) in [5, 5.41) is 0. The van der Waals surface area contributed by atoms with Gasteiger partial charge < -0.3 is 0 Å². The van der Waals surface area contributed by atoms with Crippen molar-refractivity contribution in [1.29, 1.82) is 0 Å². The second-order valence-electron chi connectivity index (χ2n) is 4.19. The molecule has 0 heterocycles. The van der Waals surface area contributed by atoms with Crippen LogP contribution in [0.2, 0.25) is 0 Å². The summed E-state index contributed by atoms with van der Waals surface area (Å²) in [6.45, 7) is 2.10. The van der Waals surface area contributed by atoms with Gasteiger partial charge in [0.05, 0.1) is 0 Å². The van der Waals surface area contributed by atoms with E-state index >= 15 is 0 Å². The molecule has 2 aliphatic rings. The highest BCUT2D eigenvalue weighted by atomic mass is 16.1. The second kappa shape index (κ2) is 2.62. The standard InChI is InChI=1S/C10H16O/c1-7-6-8-4-2-3-5-9(8)10(7)11/h7-9H,2-6H2,1H3. The fourth-order valence-corrected chi connectivity index (χ4v) is 2.80. The van der Waals surface area contributed by atoms with Crippen LogP contribution in [0, 0.1) is 17.8 Å². The summed E-state index contributed by atoms with van der Waals surface area (Å²) in [6, 6.07) is 0. The minimum Gasteiger partial charge on any atom is -0.299 e. The Morgan fingerprint density at radius 1 is 1.27 bits per heavy atom. The molecule has 0 amide bonds. The van der Waals surface area contributed by atoms with Crippen LogP contribution >= 0.6 is 0 Å². The van der Waals surface area contributed by atoms with Crippen molar-refractivity contribution in [2.75, 3.05) is 0 Å². The molecule has 1 nitrogen and oxygen atoms in total. The first-order valence-electron chi connectivity index (χ1n) is 4.83. The highest BCUT2D eigenvalue weighted by molar-refractivity contribution is 5.85. The van der Waals surface area contributed by atoms with Crippen molar-refractivity contribution in [2.45, 2.75) is 39.0 Å². The van der Waals surface area contributed by atoms with Gasteiger partial charge >= 0.3 is 0 Å². The van der Waals surface area contributed by atoms with Crippen molar-refractivity contribution in [1.82, 2.24) is 0 Å². The lowest BCUT2D eigenvalue weighted by molar-refractivity contribution is -0.124. The molecule has 0 N–H and O–H groups in total. The van der Waals surface area contributed by atoms with Crippen molar-refractivity contribution in [3.8, 4) is 0 Å². The molecule has 2 rings (SSSR count). The third-order valence-electron chi connectivity index (χ3n) is 3.42. The zero-order valence-corrected chi connectivity index (χ0v) is 7.18. The Labute approximate surface area is 68.2 Å². The molecule has 2 saturated carbocycles. The van der Waals surface area contributed by atoms with Crippen LogP contribution in [0.15, 0.2) is 0 Å². The number of carbonyl (C=O) groups excluding carboxylic acids is 1. The number of Topliss-reactive ketones (excluding diaryl/α,β-unsaturated/α-hetero) is 1. The van der Waals surface area contributed by atoms with E-state index in [1.165, 1.54) is 32.1 Å². The molecule has 3 atom stereocenters. The third-order valence-corrected chi connectivity index (χ3v) is 3.42. The lowest BCUT2D eigenvalue weighted by Crippen LogP contribution is -2.19. The van der Waals surface area contributed by atoms with Gasteiger partial charge in [0, 0.05) is 11.8 Å². The summed E-state index contributed by atoms with van der Waals surface area (Å²) in [4.78, 5) is 11.5. The number of hydrogen-bond donors (Lipinski definition) is 0. The summed E-state index contributed by atoms with van der Waals surface area (Å²) in [7, 11) is 0. The van der Waals surface area contributed by atoms with Gasteiger partial charge in [-0.15, -0.1) is 0 Å². The smallest absolute Gasteiger partial charge is 0.139 e. The average molecular weight is 152 g/mol. The van der Waals surface area contributed by atoms with Crippen LogP contribution in [0.5, 0.6) is 0 Å². The van der Waals surface area contributed by atoms with Gasteiger partial charge in [0.2, 0.25) is 0 Å². The SMILES string of the molecule is CC1CC2CCCCC2C1=O. The minimum absolute atomic E-state index is 0.378. The Hall–Kier alpha value is -0.330. The zero-order chi connectivity index (χ0) is 7.84. The molecule has 0 aliphatic heterocycles. The van der Waals surface area contributed by atoms with Crippen LogP contribution in [0.4, 0.5) is 0 Å². The van der Waals surface area contributed by atoms with Crippen molar-refractivity contribution in [3.05, 3.63) is 0 Å². The number of fused-ring (bicyclic) bond motifs is 1. The van der Waals surface area contributed by atoms with E-state index in [0.717, 1.165) is 5.92 Å². The summed E-state index contributed by atoms with van der Waals surface area (Å²) in [5.74, 6) is 2.18. The van der Waals surface area contributed by atoms with E-state index in [4.69, 9.17) is 0 Å². The summed E-state index contributed by atoms with van der Waals surface area (Å²) >= 11 is 0. The van der Waals surface area contributed by atoms with Crippen LogP contribution in [0.25, 0.3) is 0 Å². The molecule has 0 radical (unpaired) electrons. The molecule has 0 aromatic rings. The van der Waals surface area contributed by atoms with E-state index in [9.17, 15) is 4.79 Å². The van der Waals surface area contributed by atoms with Gasteiger partial charge in [0.15, 0.2) is 0 Å². The van der Waals surface area contributed by atoms with E-state index in [1.807, 2.05) is 0 Å². The quantitative estimate of drug-likeness (QED) is 0.521. The second-order valence-corrected chi connectivity index (χ2v) is 4.19. The van der Waals surface area contributed by atoms with Crippen LogP contribution in [-0.4, -0.2) is 5.78 Å². The molecule has 1 heteroatoms. The molecule has 2 aliphatic carbocycles. The molecule has 0 aromatic carbocycles. The van der Waals surface area contributed by atoms with Gasteiger partial charge in [0.25, 0.3) is 0 Å². The largest absolute Gasteiger partial charge is 0.299 e. The maximum absolute atomic E-state index is 11.5. The van der Waals surface area contributed by atoms with Crippen molar-refractivity contribution in [3.63, 3.8) is 0 Å². The summed E-state index contributed by atoms with van der Waals surface area (Å²) < 4.78 is 0. The van der Waals surface area contributed by atoms with E-state index < -0.39 is 0 Å². The Bertz CT molecular complexity index is 174. The topological polar surface area (TPSA) is 17.1 Å². The number of rotatable bonds is 0. The molecular weight excluding hydrogens is 136 g/mol. The lowest BCUT2D eigenvalue weighted by atomic mass is 9.81. The van der Waals surface area contributed by atoms with E-state index in [2.05, 4.69) is 6.92 Å². The van der Waals surface area contributed by atoms with Gasteiger partial charge in [0.1, 0.15) is 5.78 Å². The number of ketones is 1. The number of carbonyl (C=O) groups is 1. The highest BCUT2D eigenvalue weighted by Crippen LogP contribution is 2.42. The van der Waals surface area contributed by atoms with Gasteiger partial charge in [-0.1, -0.05) is 19.8 Å². The molecule has 0 saturated heterocycles. The zero-order valence-electron chi connectivity index (χ0n) is 7.18. The Balaban J connectivity index is 2.11. The fourth-order valence-electron chi connectivity index (χ4n) is 2.80. The lowest BCUT2D eigenvalue weighted by Gasteiger charge is -2.22. The molecule has 11 heavy (non-hydrogen) atoms. The van der Waals surface area contributed by atoms with Gasteiger partial charge in [-0.2, -0.15) is 0 Å². The summed E-state index contributed by atoms with van der Waals surface area (Å²) in [6.07, 6.45) is 6.35. The predicted octanol–water partition coefficient (Wildman–Crippen LogP) is 2.40. The van der Waals surface area contributed by atoms with E-state index in [0.29, 0.717) is 17.6 Å². The maximum atomic E-state index is 11.5. The maximum Gasteiger partial charge on any atom is 0.139 e. The van der Waals surface area contributed by atoms with E-state index in [-0.39, 0.29) is 0 Å². The highest BCUT2D eigenvalue weighted by Gasteiger charge is 2.40. The molecule has 0 bridgehead atoms. The first-order valence-corrected chi connectivity index (χ1v) is 4.83. The molecule has 0 spiro atoms. The molecule has 2 fully saturated rings.